The molecule has 0 amide bonds. The fourth-order valence-corrected chi connectivity index (χ4v) is 4.09. The van der Waals surface area contributed by atoms with E-state index in [1.165, 1.54) is 0 Å². The van der Waals surface area contributed by atoms with E-state index in [2.05, 4.69) is 20.8 Å². The first-order valence-electron chi connectivity index (χ1n) is 7.40. The Bertz CT molecular complexity index is 930. The van der Waals surface area contributed by atoms with Gasteiger partial charge in [-0.1, -0.05) is 15.9 Å². The summed E-state index contributed by atoms with van der Waals surface area (Å²) in [5.41, 5.74) is 3.12. The first kappa shape index (κ1) is 15.7. The molecule has 0 saturated heterocycles. The Morgan fingerprint density at radius 1 is 1.17 bits per heavy atom. The molecule has 24 heavy (non-hydrogen) atoms. The predicted molar refractivity (Wildman–Crippen MR) is 92.8 cm³/mol. The highest BCUT2D eigenvalue weighted by atomic mass is 79.9. The summed E-state index contributed by atoms with van der Waals surface area (Å²) in [6.07, 6.45) is 0.793. The van der Waals surface area contributed by atoms with Crippen molar-refractivity contribution in [2.24, 2.45) is 5.14 Å². The van der Waals surface area contributed by atoms with Crippen molar-refractivity contribution in [2.75, 3.05) is 18.2 Å². The van der Waals surface area contributed by atoms with Gasteiger partial charge in [-0.3, -0.25) is 0 Å². The van der Waals surface area contributed by atoms with Gasteiger partial charge in [0.25, 0.3) is 0 Å². The van der Waals surface area contributed by atoms with Crippen molar-refractivity contribution in [3.05, 3.63) is 45.9 Å². The van der Waals surface area contributed by atoms with E-state index in [0.29, 0.717) is 6.54 Å². The van der Waals surface area contributed by atoms with Crippen molar-refractivity contribution in [2.45, 2.75) is 17.9 Å². The number of primary sulfonamides is 1. The van der Waals surface area contributed by atoms with Gasteiger partial charge in [-0.2, -0.15) is 0 Å². The Kier molecular flexibility index (Phi) is 3.70. The normalized spacial score (nSPS) is 15.7. The molecule has 2 aromatic rings. The highest BCUT2D eigenvalue weighted by Crippen LogP contribution is 2.39. The fraction of sp³-hybridized carbons (Fsp3) is 0.250. The number of hydrogen-bond donors (Lipinski definition) is 1. The van der Waals surface area contributed by atoms with Crippen molar-refractivity contribution in [3.63, 3.8) is 0 Å². The molecule has 6 nitrogen and oxygen atoms in total. The monoisotopic (exact) mass is 410 g/mol. The van der Waals surface area contributed by atoms with E-state index in [1.54, 1.807) is 12.1 Å². The summed E-state index contributed by atoms with van der Waals surface area (Å²) in [5.74, 6) is 1.49. The molecule has 2 aliphatic heterocycles. The average Bonchev–Trinajstić information content (AvgIpc) is 3.13. The highest BCUT2D eigenvalue weighted by Gasteiger charge is 2.23. The molecular formula is C16H15BrN2O4S. The average molecular weight is 411 g/mol. The summed E-state index contributed by atoms with van der Waals surface area (Å²) in [6, 6.07) is 8.94. The Morgan fingerprint density at radius 2 is 1.92 bits per heavy atom. The van der Waals surface area contributed by atoms with Gasteiger partial charge in [0.05, 0.1) is 4.90 Å². The smallest absolute Gasteiger partial charge is 0.238 e. The largest absolute Gasteiger partial charge is 0.454 e. The quantitative estimate of drug-likeness (QED) is 0.839. The number of fused-ring (bicyclic) bond motifs is 2. The summed E-state index contributed by atoms with van der Waals surface area (Å²) < 4.78 is 34.8. The number of nitrogens with zero attached hydrogens (tertiary/aromatic N) is 1. The number of nitrogens with two attached hydrogens (primary N) is 1. The maximum absolute atomic E-state index is 11.5. The molecule has 0 spiro atoms. The number of rotatable bonds is 3. The van der Waals surface area contributed by atoms with Crippen molar-refractivity contribution in [1.29, 1.82) is 0 Å². The lowest BCUT2D eigenvalue weighted by Gasteiger charge is -2.20. The first-order valence-corrected chi connectivity index (χ1v) is 9.74. The molecule has 0 radical (unpaired) electrons. The summed E-state index contributed by atoms with van der Waals surface area (Å²) in [4.78, 5) is 2.37. The van der Waals surface area contributed by atoms with Crippen molar-refractivity contribution >= 4 is 31.6 Å². The summed E-state index contributed by atoms with van der Waals surface area (Å²) >= 11 is 3.58. The number of sulfonamides is 1. The van der Waals surface area contributed by atoms with Gasteiger partial charge < -0.3 is 14.4 Å². The number of halogens is 1. The van der Waals surface area contributed by atoms with Crippen LogP contribution >= 0.6 is 15.9 Å². The minimum atomic E-state index is -3.67. The third-order valence-corrected chi connectivity index (χ3v) is 5.92. The second-order valence-corrected chi connectivity index (χ2v) is 8.22. The Hall–Kier alpha value is -1.77. The molecule has 2 N–H and O–H groups in total. The minimum absolute atomic E-state index is 0.160. The van der Waals surface area contributed by atoms with Gasteiger partial charge in [0.2, 0.25) is 16.8 Å². The third kappa shape index (κ3) is 2.74. The van der Waals surface area contributed by atoms with Crippen LogP contribution in [0.15, 0.2) is 39.7 Å². The van der Waals surface area contributed by atoms with Crippen LogP contribution in [0, 0.1) is 0 Å². The van der Waals surface area contributed by atoms with Crippen LogP contribution in [0.4, 0.5) is 5.69 Å². The van der Waals surface area contributed by atoms with Gasteiger partial charge in [0.15, 0.2) is 11.5 Å². The van der Waals surface area contributed by atoms with Gasteiger partial charge in [-0.25, -0.2) is 13.6 Å². The summed E-state index contributed by atoms with van der Waals surface area (Å²) in [7, 11) is -3.67. The van der Waals surface area contributed by atoms with Gasteiger partial charge in [-0.15, -0.1) is 0 Å². The molecule has 2 heterocycles. The van der Waals surface area contributed by atoms with E-state index >= 15 is 0 Å². The molecule has 4 rings (SSSR count). The number of anilines is 1. The predicted octanol–water partition coefficient (Wildman–Crippen LogP) is 2.39. The molecule has 8 heteroatoms. The van der Waals surface area contributed by atoms with E-state index in [9.17, 15) is 8.42 Å². The van der Waals surface area contributed by atoms with E-state index in [-0.39, 0.29) is 11.7 Å². The van der Waals surface area contributed by atoms with Crippen molar-refractivity contribution < 1.29 is 17.9 Å². The maximum Gasteiger partial charge on any atom is 0.238 e. The second kappa shape index (κ2) is 5.65. The molecule has 0 bridgehead atoms. The lowest BCUT2D eigenvalue weighted by molar-refractivity contribution is 0.174. The van der Waals surface area contributed by atoms with Crippen molar-refractivity contribution in [1.82, 2.24) is 0 Å². The van der Waals surface area contributed by atoms with Crippen LogP contribution in [0.3, 0.4) is 0 Å². The molecule has 0 fully saturated rings. The Balaban J connectivity index is 1.63. The Labute approximate surface area is 148 Å². The molecule has 0 atom stereocenters. The number of benzene rings is 2. The summed E-state index contributed by atoms with van der Waals surface area (Å²) in [5, 5.41) is 5.21. The van der Waals surface area contributed by atoms with E-state index in [4.69, 9.17) is 14.6 Å². The molecule has 126 valence electrons. The molecule has 0 unspecified atom stereocenters. The second-order valence-electron chi connectivity index (χ2n) is 5.80. The standard InChI is InChI=1S/C16H15BrN2O4S/c17-13-7-16-15(22-9-23-16)6-11(13)8-19-4-3-10-5-12(24(18,20)21)1-2-14(10)19/h1-2,5-7H,3-4,8-9H2,(H2,18,20,21). The van der Waals surface area contributed by atoms with Crippen LogP contribution in [-0.4, -0.2) is 21.8 Å². The topological polar surface area (TPSA) is 81.9 Å². The first-order chi connectivity index (χ1) is 11.4. The van der Waals surface area contributed by atoms with Crippen LogP contribution in [0.25, 0.3) is 0 Å². The molecule has 2 aliphatic rings. The molecule has 2 aromatic carbocycles. The SMILES string of the molecule is NS(=O)(=O)c1ccc2c(c1)CCN2Cc1cc2c(cc1Br)OCO2. The highest BCUT2D eigenvalue weighted by molar-refractivity contribution is 9.10. The zero-order chi connectivity index (χ0) is 16.9. The van der Waals surface area contributed by atoms with E-state index in [0.717, 1.165) is 45.8 Å². The Morgan fingerprint density at radius 3 is 2.67 bits per heavy atom. The van der Waals surface area contributed by atoms with E-state index in [1.807, 2.05) is 18.2 Å². The molecular weight excluding hydrogens is 396 g/mol. The summed E-state index contributed by atoms with van der Waals surface area (Å²) in [6.45, 7) is 1.76. The molecule has 0 saturated carbocycles. The van der Waals surface area contributed by atoms with Gasteiger partial charge in [0.1, 0.15) is 0 Å². The number of ether oxygens (including phenoxy) is 2. The van der Waals surface area contributed by atoms with Gasteiger partial charge in [-0.05, 0) is 47.9 Å². The fourth-order valence-electron chi connectivity index (χ4n) is 3.07. The lowest BCUT2D eigenvalue weighted by atomic mass is 10.1. The zero-order valence-corrected chi connectivity index (χ0v) is 15.1. The number of hydrogen-bond acceptors (Lipinski definition) is 5. The maximum atomic E-state index is 11.5. The molecule has 0 aliphatic carbocycles. The van der Waals surface area contributed by atoms with Gasteiger partial charge >= 0.3 is 0 Å². The van der Waals surface area contributed by atoms with Crippen LogP contribution < -0.4 is 19.5 Å². The van der Waals surface area contributed by atoms with Crippen LogP contribution in [-0.2, 0) is 23.0 Å². The van der Waals surface area contributed by atoms with Crippen molar-refractivity contribution in [3.8, 4) is 11.5 Å². The van der Waals surface area contributed by atoms with Crippen LogP contribution in [0.2, 0.25) is 0 Å². The van der Waals surface area contributed by atoms with Crippen LogP contribution in [0.1, 0.15) is 11.1 Å². The zero-order valence-electron chi connectivity index (χ0n) is 12.7. The van der Waals surface area contributed by atoms with E-state index < -0.39 is 10.0 Å². The minimum Gasteiger partial charge on any atom is -0.454 e. The molecule has 0 aromatic heterocycles. The third-order valence-electron chi connectivity index (χ3n) is 4.27. The van der Waals surface area contributed by atoms with Crippen LogP contribution in [0.5, 0.6) is 11.5 Å². The van der Waals surface area contributed by atoms with Gasteiger partial charge in [0, 0.05) is 23.2 Å². The lowest BCUT2D eigenvalue weighted by Crippen LogP contribution is -2.20.